The van der Waals surface area contributed by atoms with E-state index < -0.39 is 11.9 Å². The zero-order chi connectivity index (χ0) is 18.8. The summed E-state index contributed by atoms with van der Waals surface area (Å²) in [6.45, 7) is 4.05. The highest BCUT2D eigenvalue weighted by Crippen LogP contribution is 2.19. The van der Waals surface area contributed by atoms with Gasteiger partial charge in [-0.1, -0.05) is 18.2 Å². The van der Waals surface area contributed by atoms with Crippen LogP contribution in [0.1, 0.15) is 5.56 Å². The van der Waals surface area contributed by atoms with Gasteiger partial charge in [0.25, 0.3) is 0 Å². The Kier molecular flexibility index (Phi) is 8.08. The van der Waals surface area contributed by atoms with Crippen LogP contribution in [0.25, 0.3) is 10.9 Å². The molecule has 25 heavy (non-hydrogen) atoms. The van der Waals surface area contributed by atoms with Crippen LogP contribution in [0.4, 0.5) is 5.82 Å². The molecule has 0 radical (unpaired) electrons. The monoisotopic (exact) mass is 345 g/mol. The molecule has 1 aromatic heterocycles. The lowest BCUT2D eigenvalue weighted by atomic mass is 10.1. The number of hydrogen-bond acceptors (Lipinski definition) is 5. The lowest BCUT2D eigenvalue weighted by Crippen LogP contribution is -2.21. The lowest BCUT2D eigenvalue weighted by Gasteiger charge is -2.12. The molecular weight excluding hydrogens is 322 g/mol. The van der Waals surface area contributed by atoms with E-state index in [1.54, 1.807) is 0 Å². The van der Waals surface area contributed by atoms with Gasteiger partial charge in [0, 0.05) is 30.6 Å². The standard InChI is InChI=1S/C14H19N3.C4H4O4/c1-11-10-14(15-8-9-17(2)3)16-13-7-5-4-6-12(11)13;5-3(6)1-2-4(7)8/h4-7,10H,8-9H2,1-3H3,(H,15,16);1-2H,(H,5,6)(H,7,8)/b;2-1+. The highest BCUT2D eigenvalue weighted by molar-refractivity contribution is 5.89. The van der Waals surface area contributed by atoms with Crippen molar-refractivity contribution in [2.75, 3.05) is 32.5 Å². The van der Waals surface area contributed by atoms with Gasteiger partial charge in [-0.15, -0.1) is 0 Å². The summed E-state index contributed by atoms with van der Waals surface area (Å²) in [4.78, 5) is 25.9. The summed E-state index contributed by atoms with van der Waals surface area (Å²) in [6.07, 6.45) is 1.12. The van der Waals surface area contributed by atoms with Crippen molar-refractivity contribution in [1.82, 2.24) is 9.88 Å². The van der Waals surface area contributed by atoms with E-state index in [0.29, 0.717) is 12.2 Å². The Bertz CT molecular complexity index is 741. The van der Waals surface area contributed by atoms with E-state index in [2.05, 4.69) is 60.5 Å². The molecule has 0 atom stereocenters. The SMILES string of the molecule is Cc1cc(NCCN(C)C)nc2ccccc12.O=C(O)/C=C/C(=O)O. The van der Waals surface area contributed by atoms with E-state index in [0.717, 1.165) is 24.4 Å². The van der Waals surface area contributed by atoms with Crippen LogP contribution >= 0.6 is 0 Å². The predicted molar refractivity (Wildman–Crippen MR) is 97.9 cm³/mol. The van der Waals surface area contributed by atoms with Crippen molar-refractivity contribution in [3.8, 4) is 0 Å². The molecule has 0 spiro atoms. The molecule has 0 aliphatic carbocycles. The number of nitrogens with zero attached hydrogens (tertiary/aromatic N) is 2. The van der Waals surface area contributed by atoms with Gasteiger partial charge in [-0.25, -0.2) is 14.6 Å². The first-order valence-electron chi connectivity index (χ1n) is 7.68. The third kappa shape index (κ3) is 7.94. The number of carboxylic acid groups (broad SMARTS) is 2. The van der Waals surface area contributed by atoms with Gasteiger partial charge in [0.05, 0.1) is 5.52 Å². The molecule has 7 nitrogen and oxygen atoms in total. The van der Waals surface area contributed by atoms with E-state index in [4.69, 9.17) is 10.2 Å². The second kappa shape index (κ2) is 10.0. The second-order valence-corrected chi connectivity index (χ2v) is 5.58. The lowest BCUT2D eigenvalue weighted by molar-refractivity contribution is -0.134. The number of para-hydroxylation sites is 1. The van der Waals surface area contributed by atoms with Gasteiger partial charge in [0.15, 0.2) is 0 Å². The topological polar surface area (TPSA) is 103 Å². The van der Waals surface area contributed by atoms with Crippen molar-refractivity contribution in [3.63, 3.8) is 0 Å². The van der Waals surface area contributed by atoms with Gasteiger partial charge in [-0.3, -0.25) is 0 Å². The molecule has 3 N–H and O–H groups in total. The zero-order valence-electron chi connectivity index (χ0n) is 14.6. The van der Waals surface area contributed by atoms with E-state index >= 15 is 0 Å². The Morgan fingerprint density at radius 1 is 1.16 bits per heavy atom. The molecule has 0 bridgehead atoms. The van der Waals surface area contributed by atoms with Crippen molar-refractivity contribution in [2.24, 2.45) is 0 Å². The maximum Gasteiger partial charge on any atom is 0.328 e. The molecule has 1 heterocycles. The van der Waals surface area contributed by atoms with Gasteiger partial charge in [-0.2, -0.15) is 0 Å². The van der Waals surface area contributed by atoms with Crippen LogP contribution in [0.5, 0.6) is 0 Å². The summed E-state index contributed by atoms with van der Waals surface area (Å²) in [5.41, 5.74) is 2.32. The molecule has 2 aromatic rings. The number of pyridine rings is 1. The number of carboxylic acids is 2. The van der Waals surface area contributed by atoms with Crippen molar-refractivity contribution in [2.45, 2.75) is 6.92 Å². The van der Waals surface area contributed by atoms with E-state index in [1.165, 1.54) is 10.9 Å². The fourth-order valence-corrected chi connectivity index (χ4v) is 1.99. The van der Waals surface area contributed by atoms with Gasteiger partial charge >= 0.3 is 11.9 Å². The Balaban J connectivity index is 0.000000333. The quantitative estimate of drug-likeness (QED) is 0.690. The Hall–Kier alpha value is -2.93. The fourth-order valence-electron chi connectivity index (χ4n) is 1.99. The second-order valence-electron chi connectivity index (χ2n) is 5.58. The van der Waals surface area contributed by atoms with Gasteiger partial charge in [-0.05, 0) is 38.7 Å². The number of aromatic nitrogens is 1. The number of fused-ring (bicyclic) bond motifs is 1. The van der Waals surface area contributed by atoms with Crippen molar-refractivity contribution < 1.29 is 19.8 Å². The molecule has 1 aromatic carbocycles. The molecule has 7 heteroatoms. The average Bonchev–Trinajstić information content (AvgIpc) is 2.53. The summed E-state index contributed by atoms with van der Waals surface area (Å²) < 4.78 is 0. The molecule has 0 saturated carbocycles. The molecule has 0 amide bonds. The predicted octanol–water partition coefficient (Wildman–Crippen LogP) is 2.23. The van der Waals surface area contributed by atoms with Gasteiger partial charge in [0.2, 0.25) is 0 Å². The first kappa shape index (κ1) is 20.1. The maximum absolute atomic E-state index is 9.55. The van der Waals surface area contributed by atoms with Crippen molar-refractivity contribution >= 4 is 28.7 Å². The molecule has 0 aliphatic heterocycles. The largest absolute Gasteiger partial charge is 0.478 e. The molecule has 2 rings (SSSR count). The Morgan fingerprint density at radius 2 is 1.76 bits per heavy atom. The number of carbonyl (C=O) groups is 2. The number of aryl methyl sites for hydroxylation is 1. The number of aliphatic carboxylic acids is 2. The van der Waals surface area contributed by atoms with E-state index in [9.17, 15) is 9.59 Å². The Morgan fingerprint density at radius 3 is 2.32 bits per heavy atom. The molecule has 0 fully saturated rings. The number of benzene rings is 1. The van der Waals surface area contributed by atoms with Crippen LogP contribution in [0, 0.1) is 6.92 Å². The number of rotatable bonds is 6. The van der Waals surface area contributed by atoms with E-state index in [-0.39, 0.29) is 0 Å². The fraction of sp³-hybridized carbons (Fsp3) is 0.278. The molecule has 0 aliphatic rings. The van der Waals surface area contributed by atoms with Gasteiger partial charge in [0.1, 0.15) is 5.82 Å². The van der Waals surface area contributed by atoms with Crippen LogP contribution in [0.3, 0.4) is 0 Å². The van der Waals surface area contributed by atoms with Gasteiger partial charge < -0.3 is 20.4 Å². The minimum Gasteiger partial charge on any atom is -0.478 e. The summed E-state index contributed by atoms with van der Waals surface area (Å²) in [5, 5.41) is 20.2. The number of nitrogens with one attached hydrogen (secondary N) is 1. The minimum atomic E-state index is -1.26. The number of anilines is 1. The normalized spacial score (nSPS) is 10.6. The van der Waals surface area contributed by atoms with Crippen LogP contribution in [-0.4, -0.2) is 59.2 Å². The summed E-state index contributed by atoms with van der Waals surface area (Å²) in [5.74, 6) is -1.55. The maximum atomic E-state index is 9.55. The zero-order valence-corrected chi connectivity index (χ0v) is 14.6. The van der Waals surface area contributed by atoms with E-state index in [1.807, 2.05) is 6.07 Å². The van der Waals surface area contributed by atoms with Crippen LogP contribution < -0.4 is 5.32 Å². The molecular formula is C18H23N3O4. The van der Waals surface area contributed by atoms with Crippen LogP contribution in [0.15, 0.2) is 42.5 Å². The molecule has 0 saturated heterocycles. The third-order valence-electron chi connectivity index (χ3n) is 3.16. The molecule has 0 unspecified atom stereocenters. The molecule has 134 valence electrons. The van der Waals surface area contributed by atoms with Crippen LogP contribution in [0.2, 0.25) is 0 Å². The van der Waals surface area contributed by atoms with Crippen molar-refractivity contribution in [1.29, 1.82) is 0 Å². The summed E-state index contributed by atoms with van der Waals surface area (Å²) in [7, 11) is 4.14. The highest BCUT2D eigenvalue weighted by Gasteiger charge is 2.01. The van der Waals surface area contributed by atoms with Crippen LogP contribution in [-0.2, 0) is 9.59 Å². The average molecular weight is 345 g/mol. The highest BCUT2D eigenvalue weighted by atomic mass is 16.4. The number of likely N-dealkylation sites (N-methyl/N-ethyl adjacent to an activating group) is 1. The first-order valence-corrected chi connectivity index (χ1v) is 7.68. The smallest absolute Gasteiger partial charge is 0.328 e. The van der Waals surface area contributed by atoms with Crippen molar-refractivity contribution in [3.05, 3.63) is 48.0 Å². The minimum absolute atomic E-state index is 0.558. The summed E-state index contributed by atoms with van der Waals surface area (Å²) >= 11 is 0. The third-order valence-corrected chi connectivity index (χ3v) is 3.16. The Labute approximate surface area is 146 Å². The number of hydrogen-bond donors (Lipinski definition) is 3. The first-order chi connectivity index (χ1) is 11.8. The summed E-state index contributed by atoms with van der Waals surface area (Å²) in [6, 6.07) is 10.4.